The Morgan fingerprint density at radius 3 is 2.75 bits per heavy atom. The van der Waals surface area contributed by atoms with Crippen LogP contribution in [0.25, 0.3) is 22.3 Å². The van der Waals surface area contributed by atoms with Gasteiger partial charge in [0, 0.05) is 41.9 Å². The van der Waals surface area contributed by atoms with Gasteiger partial charge in [0.1, 0.15) is 6.33 Å². The van der Waals surface area contributed by atoms with Crippen molar-refractivity contribution in [3.05, 3.63) is 59.7 Å². The third-order valence-corrected chi connectivity index (χ3v) is 4.14. The number of halogens is 3. The number of amides is 1. The Balaban J connectivity index is 2.16. The van der Waals surface area contributed by atoms with Crippen molar-refractivity contribution in [1.82, 2.24) is 19.9 Å². The molecule has 1 aromatic carbocycles. The lowest BCUT2D eigenvalue weighted by molar-refractivity contribution is -0.138. The molecule has 1 amide bonds. The van der Waals surface area contributed by atoms with E-state index in [0.717, 1.165) is 12.3 Å². The Bertz CT molecular complexity index is 1070. The number of nitrogens with one attached hydrogen (secondary N) is 2. The monoisotopic (exact) mass is 388 g/mol. The largest absolute Gasteiger partial charge is 0.416 e. The summed E-state index contributed by atoms with van der Waals surface area (Å²) in [4.78, 5) is 14.6. The zero-order valence-electron chi connectivity index (χ0n) is 14.4. The SMILES string of the molecule is N=CC(=CN)c1cc2c(-c3ccc(CNC=O)c(C(F)(F)F)c3)ncnn2c1. The van der Waals surface area contributed by atoms with E-state index in [0.29, 0.717) is 28.8 Å². The Morgan fingerprint density at radius 1 is 1.32 bits per heavy atom. The van der Waals surface area contributed by atoms with E-state index in [1.54, 1.807) is 12.3 Å². The highest BCUT2D eigenvalue weighted by atomic mass is 19.4. The number of hydrogen-bond donors (Lipinski definition) is 3. The van der Waals surface area contributed by atoms with Crippen LogP contribution in [0.5, 0.6) is 0 Å². The van der Waals surface area contributed by atoms with Gasteiger partial charge in [0.05, 0.1) is 16.8 Å². The van der Waals surface area contributed by atoms with E-state index in [1.165, 1.54) is 29.2 Å². The van der Waals surface area contributed by atoms with Crippen molar-refractivity contribution in [3.8, 4) is 11.3 Å². The first-order chi connectivity index (χ1) is 13.4. The number of fused-ring (bicyclic) bond motifs is 1. The molecular formula is C18H15F3N6O. The van der Waals surface area contributed by atoms with E-state index in [-0.39, 0.29) is 17.7 Å². The minimum absolute atomic E-state index is 0.0540. The third kappa shape index (κ3) is 3.56. The molecule has 7 nitrogen and oxygen atoms in total. The number of carbonyl (C=O) groups excluding carboxylic acids is 1. The summed E-state index contributed by atoms with van der Waals surface area (Å²) < 4.78 is 41.9. The lowest BCUT2D eigenvalue weighted by atomic mass is 10.0. The van der Waals surface area contributed by atoms with Crippen molar-refractivity contribution in [2.75, 3.05) is 0 Å². The molecule has 2 heterocycles. The number of alkyl halides is 3. The zero-order valence-corrected chi connectivity index (χ0v) is 14.4. The minimum atomic E-state index is -4.60. The molecule has 0 atom stereocenters. The lowest BCUT2D eigenvalue weighted by Crippen LogP contribution is -2.16. The second kappa shape index (κ2) is 7.51. The number of allylic oxidation sites excluding steroid dienone is 1. The molecule has 0 saturated carbocycles. The van der Waals surface area contributed by atoms with Gasteiger partial charge in [-0.1, -0.05) is 12.1 Å². The number of nitrogens with two attached hydrogens (primary N) is 1. The summed E-state index contributed by atoms with van der Waals surface area (Å²) in [5.41, 5.74) is 6.60. The van der Waals surface area contributed by atoms with Crippen LogP contribution in [0, 0.1) is 5.41 Å². The van der Waals surface area contributed by atoms with Crippen molar-refractivity contribution in [1.29, 1.82) is 5.41 Å². The molecule has 4 N–H and O–H groups in total. The number of hydrogen-bond acceptors (Lipinski definition) is 5. The maximum Gasteiger partial charge on any atom is 0.416 e. The smallest absolute Gasteiger partial charge is 0.404 e. The van der Waals surface area contributed by atoms with Gasteiger partial charge in [-0.25, -0.2) is 9.50 Å². The zero-order chi connectivity index (χ0) is 20.3. The van der Waals surface area contributed by atoms with Crippen molar-refractivity contribution in [2.24, 2.45) is 5.73 Å². The van der Waals surface area contributed by atoms with Crippen molar-refractivity contribution in [2.45, 2.75) is 12.7 Å². The van der Waals surface area contributed by atoms with Gasteiger partial charge in [0.15, 0.2) is 0 Å². The van der Waals surface area contributed by atoms with Crippen LogP contribution in [0.3, 0.4) is 0 Å². The number of rotatable bonds is 6. The predicted octanol–water partition coefficient (Wildman–Crippen LogP) is 2.61. The van der Waals surface area contributed by atoms with Gasteiger partial charge in [-0.3, -0.25) is 4.79 Å². The third-order valence-electron chi connectivity index (χ3n) is 4.14. The molecule has 0 spiro atoms. The van der Waals surface area contributed by atoms with Crippen LogP contribution in [0.4, 0.5) is 13.2 Å². The fraction of sp³-hybridized carbons (Fsp3) is 0.111. The first-order valence-corrected chi connectivity index (χ1v) is 8.02. The molecule has 144 valence electrons. The van der Waals surface area contributed by atoms with Crippen LogP contribution in [0.15, 0.2) is 43.0 Å². The summed E-state index contributed by atoms with van der Waals surface area (Å²) in [5.74, 6) is 0. The average Bonchev–Trinajstić information content (AvgIpc) is 3.10. The molecule has 3 rings (SSSR count). The van der Waals surface area contributed by atoms with Crippen molar-refractivity contribution >= 4 is 23.7 Å². The molecular weight excluding hydrogens is 373 g/mol. The van der Waals surface area contributed by atoms with Crippen LogP contribution in [0.2, 0.25) is 0 Å². The second-order valence-corrected chi connectivity index (χ2v) is 5.80. The van der Waals surface area contributed by atoms with E-state index < -0.39 is 11.7 Å². The van der Waals surface area contributed by atoms with Gasteiger partial charge in [0.25, 0.3) is 0 Å². The second-order valence-electron chi connectivity index (χ2n) is 5.80. The fourth-order valence-electron chi connectivity index (χ4n) is 2.83. The predicted molar refractivity (Wildman–Crippen MR) is 97.3 cm³/mol. The van der Waals surface area contributed by atoms with E-state index in [2.05, 4.69) is 15.4 Å². The molecule has 0 saturated heterocycles. The van der Waals surface area contributed by atoms with Gasteiger partial charge in [-0.15, -0.1) is 0 Å². The van der Waals surface area contributed by atoms with Gasteiger partial charge in [0.2, 0.25) is 6.41 Å². The van der Waals surface area contributed by atoms with Crippen molar-refractivity contribution < 1.29 is 18.0 Å². The summed E-state index contributed by atoms with van der Waals surface area (Å²) in [5, 5.41) is 13.7. The molecule has 0 aliphatic rings. The number of nitrogens with zero attached hydrogens (tertiary/aromatic N) is 3. The molecule has 0 radical (unpaired) electrons. The number of carbonyl (C=O) groups is 1. The van der Waals surface area contributed by atoms with Crippen LogP contribution < -0.4 is 11.1 Å². The molecule has 0 aliphatic carbocycles. The summed E-state index contributed by atoms with van der Waals surface area (Å²) >= 11 is 0. The first kappa shape index (κ1) is 19.1. The Morgan fingerprint density at radius 2 is 2.11 bits per heavy atom. The highest BCUT2D eigenvalue weighted by molar-refractivity contribution is 6.08. The van der Waals surface area contributed by atoms with E-state index in [1.807, 2.05) is 0 Å². The lowest BCUT2D eigenvalue weighted by Gasteiger charge is -2.14. The Hall–Kier alpha value is -3.69. The molecule has 28 heavy (non-hydrogen) atoms. The maximum absolute atomic E-state index is 13.5. The normalized spacial score (nSPS) is 12.2. The maximum atomic E-state index is 13.5. The van der Waals surface area contributed by atoms with E-state index in [4.69, 9.17) is 11.1 Å². The summed E-state index contributed by atoms with van der Waals surface area (Å²) in [7, 11) is 0. The van der Waals surface area contributed by atoms with Crippen LogP contribution in [-0.2, 0) is 17.5 Å². The van der Waals surface area contributed by atoms with Crippen LogP contribution >= 0.6 is 0 Å². The molecule has 2 aromatic heterocycles. The molecule has 0 aliphatic heterocycles. The van der Waals surface area contributed by atoms with Crippen molar-refractivity contribution in [3.63, 3.8) is 0 Å². The van der Waals surface area contributed by atoms with Crippen LogP contribution in [0.1, 0.15) is 16.7 Å². The van der Waals surface area contributed by atoms with E-state index in [9.17, 15) is 18.0 Å². The first-order valence-electron chi connectivity index (χ1n) is 8.02. The highest BCUT2D eigenvalue weighted by Gasteiger charge is 2.33. The number of aromatic nitrogens is 3. The van der Waals surface area contributed by atoms with Gasteiger partial charge in [-0.05, 0) is 17.7 Å². The molecule has 0 fully saturated rings. The van der Waals surface area contributed by atoms with E-state index >= 15 is 0 Å². The van der Waals surface area contributed by atoms with Gasteiger partial charge < -0.3 is 16.5 Å². The number of benzene rings is 1. The topological polar surface area (TPSA) is 109 Å². The molecule has 3 aromatic rings. The van der Waals surface area contributed by atoms with Gasteiger partial charge in [-0.2, -0.15) is 18.3 Å². The summed E-state index contributed by atoms with van der Waals surface area (Å²) in [6.07, 6.45) is 0.913. The minimum Gasteiger partial charge on any atom is -0.404 e. The van der Waals surface area contributed by atoms with Gasteiger partial charge >= 0.3 is 6.18 Å². The molecule has 0 unspecified atom stereocenters. The Labute approximate surface area is 157 Å². The summed E-state index contributed by atoms with van der Waals surface area (Å²) in [6, 6.07) is 5.45. The average molecular weight is 388 g/mol. The standard InChI is InChI=1S/C18H15F3N6O/c19-18(20,21)15-3-11(1-2-12(15)7-24-10-28)17-16-4-13(14(5-22)6-23)8-27(16)26-9-25-17/h1-6,8-10,22H,7,23H2,(H,24,28). The molecule has 0 bridgehead atoms. The summed E-state index contributed by atoms with van der Waals surface area (Å²) in [6.45, 7) is -0.239. The fourth-order valence-corrected chi connectivity index (χ4v) is 2.83. The highest BCUT2D eigenvalue weighted by Crippen LogP contribution is 2.35. The van der Waals surface area contributed by atoms with Crippen LogP contribution in [-0.4, -0.2) is 27.2 Å². The molecule has 10 heteroatoms. The Kier molecular flexibility index (Phi) is 5.12. The quantitative estimate of drug-likeness (QED) is 0.445.